The van der Waals surface area contributed by atoms with E-state index in [9.17, 15) is 0 Å². The SMILES string of the molecule is CCc1ccccc1-c1ccccc1-c1ccccc1C.Cc1ccc(C2=CC=C(N3c4ccccc4-c4ccccc4-c4ccccc43)C=CC2)cc1. The number of hydrogen-bond acceptors (Lipinski definition) is 1. The summed E-state index contributed by atoms with van der Waals surface area (Å²) in [5.41, 5.74) is 20.6. The van der Waals surface area contributed by atoms with Gasteiger partial charge in [-0.3, -0.25) is 0 Å². The fraction of sp³-hybridized carbons (Fsp3) is 0.0943. The molecule has 7 aromatic carbocycles. The predicted octanol–water partition coefficient (Wildman–Crippen LogP) is 14.6. The molecule has 9 rings (SSSR count). The van der Waals surface area contributed by atoms with E-state index < -0.39 is 0 Å². The normalized spacial score (nSPS) is 12.8. The van der Waals surface area contributed by atoms with Crippen molar-refractivity contribution in [2.24, 2.45) is 0 Å². The van der Waals surface area contributed by atoms with E-state index in [2.05, 4.69) is 220 Å². The third-order valence-electron chi connectivity index (χ3n) is 10.6. The van der Waals surface area contributed by atoms with Crippen LogP contribution in [-0.4, -0.2) is 0 Å². The molecule has 0 atom stereocenters. The molecule has 0 N–H and O–H groups in total. The molecule has 0 radical (unpaired) electrons. The van der Waals surface area contributed by atoms with Gasteiger partial charge in [0.25, 0.3) is 0 Å². The molecule has 1 heteroatoms. The lowest BCUT2D eigenvalue weighted by molar-refractivity contribution is 1.14. The van der Waals surface area contributed by atoms with Crippen LogP contribution in [0.5, 0.6) is 0 Å². The fourth-order valence-corrected chi connectivity index (χ4v) is 7.82. The average Bonchev–Trinajstić information content (AvgIpc) is 3.54. The molecule has 0 saturated heterocycles. The number of nitrogens with zero attached hydrogens (tertiary/aromatic N) is 1. The predicted molar refractivity (Wildman–Crippen MR) is 232 cm³/mol. The highest BCUT2D eigenvalue weighted by molar-refractivity contribution is 6.01. The van der Waals surface area contributed by atoms with E-state index in [1.54, 1.807) is 0 Å². The fourth-order valence-electron chi connectivity index (χ4n) is 7.82. The summed E-state index contributed by atoms with van der Waals surface area (Å²) >= 11 is 0. The maximum atomic E-state index is 2.41. The highest BCUT2D eigenvalue weighted by Gasteiger charge is 2.26. The molecule has 0 bridgehead atoms. The highest BCUT2D eigenvalue weighted by atomic mass is 15.2. The minimum atomic E-state index is 0.917. The molecule has 0 unspecified atom stereocenters. The van der Waals surface area contributed by atoms with E-state index in [0.29, 0.717) is 0 Å². The molecular weight excluding hydrogens is 651 g/mol. The number of anilines is 2. The van der Waals surface area contributed by atoms with E-state index >= 15 is 0 Å². The van der Waals surface area contributed by atoms with Crippen molar-refractivity contribution in [3.05, 3.63) is 222 Å². The summed E-state index contributed by atoms with van der Waals surface area (Å²) in [7, 11) is 0. The molecule has 2 aliphatic rings. The molecule has 262 valence electrons. The summed E-state index contributed by atoms with van der Waals surface area (Å²) in [5.74, 6) is 0. The van der Waals surface area contributed by atoms with E-state index in [0.717, 1.165) is 12.8 Å². The van der Waals surface area contributed by atoms with Crippen LogP contribution in [0.4, 0.5) is 11.4 Å². The van der Waals surface area contributed by atoms with Crippen LogP contribution in [0.3, 0.4) is 0 Å². The van der Waals surface area contributed by atoms with Crippen LogP contribution < -0.4 is 4.90 Å². The lowest BCUT2D eigenvalue weighted by atomic mass is 9.89. The Bertz CT molecular complexity index is 2460. The average molecular weight is 696 g/mol. The summed E-state index contributed by atoms with van der Waals surface area (Å²) in [6.07, 6.45) is 11.1. The van der Waals surface area contributed by atoms with Gasteiger partial charge in [-0.05, 0) is 107 Å². The van der Waals surface area contributed by atoms with E-state index in [-0.39, 0.29) is 0 Å². The van der Waals surface area contributed by atoms with Crippen molar-refractivity contribution >= 4 is 16.9 Å². The Balaban J connectivity index is 0.000000170. The first-order chi connectivity index (χ1) is 26.6. The zero-order chi connectivity index (χ0) is 36.9. The van der Waals surface area contributed by atoms with Crippen molar-refractivity contribution in [2.45, 2.75) is 33.6 Å². The number of para-hydroxylation sites is 2. The van der Waals surface area contributed by atoms with Crippen molar-refractivity contribution in [3.63, 3.8) is 0 Å². The summed E-state index contributed by atoms with van der Waals surface area (Å²) in [5, 5.41) is 0. The summed E-state index contributed by atoms with van der Waals surface area (Å²) in [6.45, 7) is 6.53. The van der Waals surface area contributed by atoms with Gasteiger partial charge in [0.1, 0.15) is 0 Å². The van der Waals surface area contributed by atoms with Gasteiger partial charge in [-0.25, -0.2) is 0 Å². The number of fused-ring (bicyclic) bond motifs is 5. The summed E-state index contributed by atoms with van der Waals surface area (Å²) in [6, 6.07) is 61.1. The van der Waals surface area contributed by atoms with Gasteiger partial charge < -0.3 is 4.90 Å². The Hall–Kier alpha value is -6.44. The van der Waals surface area contributed by atoms with Gasteiger partial charge in [-0.15, -0.1) is 0 Å². The molecule has 0 spiro atoms. The van der Waals surface area contributed by atoms with Crippen molar-refractivity contribution in [1.82, 2.24) is 0 Å². The second kappa shape index (κ2) is 15.7. The number of benzene rings is 7. The van der Waals surface area contributed by atoms with Gasteiger partial charge in [0.15, 0.2) is 0 Å². The number of rotatable bonds is 5. The van der Waals surface area contributed by atoms with Crippen LogP contribution in [0.25, 0.3) is 50.1 Å². The van der Waals surface area contributed by atoms with Crippen molar-refractivity contribution in [1.29, 1.82) is 0 Å². The summed E-state index contributed by atoms with van der Waals surface area (Å²) in [4.78, 5) is 2.41. The van der Waals surface area contributed by atoms with Gasteiger partial charge in [0.05, 0.1) is 11.4 Å². The first-order valence-corrected chi connectivity index (χ1v) is 19.1. The lowest BCUT2D eigenvalue weighted by Gasteiger charge is -2.27. The second-order valence-corrected chi connectivity index (χ2v) is 14.0. The van der Waals surface area contributed by atoms with Crippen LogP contribution >= 0.6 is 0 Å². The second-order valence-electron chi connectivity index (χ2n) is 14.0. The maximum absolute atomic E-state index is 2.41. The Labute approximate surface area is 320 Å². The molecule has 1 nitrogen and oxygen atoms in total. The highest BCUT2D eigenvalue weighted by Crippen LogP contribution is 2.49. The molecule has 1 aliphatic carbocycles. The van der Waals surface area contributed by atoms with Crippen molar-refractivity contribution in [2.75, 3.05) is 4.90 Å². The van der Waals surface area contributed by atoms with Crippen LogP contribution in [-0.2, 0) is 6.42 Å². The molecule has 1 heterocycles. The van der Waals surface area contributed by atoms with Gasteiger partial charge in [0.2, 0.25) is 0 Å². The molecule has 0 fully saturated rings. The van der Waals surface area contributed by atoms with E-state index in [1.165, 1.54) is 89.4 Å². The number of aryl methyl sites for hydroxylation is 3. The van der Waals surface area contributed by atoms with Gasteiger partial charge in [0, 0.05) is 16.8 Å². The van der Waals surface area contributed by atoms with E-state index in [1.807, 2.05) is 0 Å². The molecule has 0 aromatic heterocycles. The van der Waals surface area contributed by atoms with Crippen LogP contribution in [0.15, 0.2) is 200 Å². The Kier molecular flexibility index (Phi) is 10.0. The Morgan fingerprint density at radius 1 is 0.444 bits per heavy atom. The molecule has 7 aromatic rings. The van der Waals surface area contributed by atoms with Crippen LogP contribution in [0.2, 0.25) is 0 Å². The first-order valence-electron chi connectivity index (χ1n) is 19.1. The standard InChI is InChI=1S/C32H25N.C21H20/c1-23-17-19-25(20-18-23)24-9-8-10-26(22-21-24)33-31-15-6-4-13-29(31)27-11-2-3-12-28(27)30-14-5-7-16-32(30)33;1-3-17-11-5-7-13-19(17)21-15-9-8-14-20(21)18-12-6-4-10-16(18)2/h2-8,10-22H,9H2,1H3;4-15H,3H2,1-2H3. The van der Waals surface area contributed by atoms with Gasteiger partial charge in [-0.2, -0.15) is 0 Å². The largest absolute Gasteiger partial charge is 0.309 e. The van der Waals surface area contributed by atoms with E-state index in [4.69, 9.17) is 0 Å². The number of allylic oxidation sites excluding steroid dienone is 5. The lowest BCUT2D eigenvalue weighted by Crippen LogP contribution is -2.15. The quantitative estimate of drug-likeness (QED) is 0.173. The minimum Gasteiger partial charge on any atom is -0.309 e. The van der Waals surface area contributed by atoms with Crippen molar-refractivity contribution < 1.29 is 0 Å². The van der Waals surface area contributed by atoms with Gasteiger partial charge >= 0.3 is 0 Å². The molecular formula is C53H45N. The topological polar surface area (TPSA) is 3.24 Å². The molecule has 0 saturated carbocycles. The summed E-state index contributed by atoms with van der Waals surface area (Å²) < 4.78 is 0. The molecule has 54 heavy (non-hydrogen) atoms. The Morgan fingerprint density at radius 2 is 0.907 bits per heavy atom. The molecule has 1 aliphatic heterocycles. The number of hydrogen-bond donors (Lipinski definition) is 0. The Morgan fingerprint density at radius 3 is 1.48 bits per heavy atom. The maximum Gasteiger partial charge on any atom is 0.0540 e. The monoisotopic (exact) mass is 695 g/mol. The zero-order valence-electron chi connectivity index (χ0n) is 31.3. The van der Waals surface area contributed by atoms with Crippen LogP contribution in [0, 0.1) is 13.8 Å². The van der Waals surface area contributed by atoms with Crippen LogP contribution in [0.1, 0.15) is 35.6 Å². The van der Waals surface area contributed by atoms with Crippen molar-refractivity contribution in [3.8, 4) is 44.5 Å². The third-order valence-corrected chi connectivity index (χ3v) is 10.6. The smallest absolute Gasteiger partial charge is 0.0540 e. The minimum absolute atomic E-state index is 0.917. The zero-order valence-corrected chi connectivity index (χ0v) is 31.3. The first kappa shape index (κ1) is 34.6. The van der Waals surface area contributed by atoms with Gasteiger partial charge in [-0.1, -0.05) is 182 Å². The molecule has 0 amide bonds. The third kappa shape index (κ3) is 6.89.